The van der Waals surface area contributed by atoms with Crippen LogP contribution in [0, 0.1) is 0 Å². The maximum atomic E-state index is 11.8. The molecule has 0 bridgehead atoms. The van der Waals surface area contributed by atoms with E-state index in [4.69, 9.17) is 17.3 Å². The third-order valence-corrected chi connectivity index (χ3v) is 3.68. The summed E-state index contributed by atoms with van der Waals surface area (Å²) in [5, 5.41) is 5.99. The number of carbonyl (C=O) groups is 2. The van der Waals surface area contributed by atoms with E-state index in [1.165, 1.54) is 0 Å². The minimum atomic E-state index is -0.496. The first kappa shape index (κ1) is 17.8. The van der Waals surface area contributed by atoms with Gasteiger partial charge in [0.2, 0.25) is 5.91 Å². The van der Waals surface area contributed by atoms with Crippen LogP contribution in [0.3, 0.4) is 0 Å². The Balaban J connectivity index is 2.23. The molecule has 0 aliphatic rings. The van der Waals surface area contributed by atoms with Crippen LogP contribution in [0.25, 0.3) is 0 Å². The van der Waals surface area contributed by atoms with Crippen LogP contribution in [0.5, 0.6) is 0 Å². The molecule has 0 radical (unpaired) electrons. The maximum Gasteiger partial charge on any atom is 0.251 e. The largest absolute Gasteiger partial charge is 0.353 e. The lowest BCUT2D eigenvalue weighted by atomic mass is 10.2. The molecular weight excluding hydrogens is 310 g/mol. The van der Waals surface area contributed by atoms with Crippen LogP contribution in [0.4, 0.5) is 0 Å². The van der Waals surface area contributed by atoms with Gasteiger partial charge in [0.05, 0.1) is 6.04 Å². The van der Waals surface area contributed by atoms with Gasteiger partial charge in [0, 0.05) is 23.7 Å². The van der Waals surface area contributed by atoms with Gasteiger partial charge >= 0.3 is 0 Å². The molecule has 0 saturated heterocycles. The van der Waals surface area contributed by atoms with Crippen LogP contribution in [-0.2, 0) is 4.79 Å². The van der Waals surface area contributed by atoms with E-state index >= 15 is 0 Å². The molecule has 2 amide bonds. The van der Waals surface area contributed by atoms with Crippen molar-refractivity contribution < 1.29 is 9.59 Å². The van der Waals surface area contributed by atoms with Gasteiger partial charge in [-0.1, -0.05) is 11.6 Å². The fourth-order valence-electron chi connectivity index (χ4n) is 1.57. The number of nitrogens with two attached hydrogens (primary N) is 1. The molecule has 116 valence electrons. The van der Waals surface area contributed by atoms with E-state index in [-0.39, 0.29) is 11.8 Å². The predicted octanol–water partition coefficient (Wildman–Crippen LogP) is 1.27. The number of nitrogens with one attached hydrogen (secondary N) is 2. The Morgan fingerprint density at radius 1 is 1.24 bits per heavy atom. The maximum absolute atomic E-state index is 11.8. The summed E-state index contributed by atoms with van der Waals surface area (Å²) in [7, 11) is 0. The minimum absolute atomic E-state index is 0.190. The second kappa shape index (κ2) is 9.65. The van der Waals surface area contributed by atoms with Crippen LogP contribution < -0.4 is 16.4 Å². The third kappa shape index (κ3) is 6.84. The van der Waals surface area contributed by atoms with Gasteiger partial charge in [-0.3, -0.25) is 9.59 Å². The van der Waals surface area contributed by atoms with Crippen LogP contribution in [-0.4, -0.2) is 43.0 Å². The van der Waals surface area contributed by atoms with Crippen LogP contribution in [0.1, 0.15) is 16.8 Å². The summed E-state index contributed by atoms with van der Waals surface area (Å²) < 4.78 is 0. The van der Waals surface area contributed by atoms with Crippen molar-refractivity contribution in [3.8, 4) is 0 Å². The van der Waals surface area contributed by atoms with Crippen molar-refractivity contribution in [2.45, 2.75) is 12.5 Å². The highest BCUT2D eigenvalue weighted by atomic mass is 35.5. The second-order valence-corrected chi connectivity index (χ2v) is 5.86. The highest BCUT2D eigenvalue weighted by Gasteiger charge is 2.12. The molecule has 0 aliphatic carbocycles. The molecular formula is C14H20ClN3O2S. The Kier molecular flexibility index (Phi) is 8.19. The molecule has 1 aromatic rings. The SMILES string of the molecule is CSCC[C@H](N)C(=O)NCCNC(=O)c1ccc(Cl)cc1. The minimum Gasteiger partial charge on any atom is -0.353 e. The van der Waals surface area contributed by atoms with Gasteiger partial charge in [-0.05, 0) is 42.7 Å². The lowest BCUT2D eigenvalue weighted by Gasteiger charge is -2.12. The first-order valence-corrected chi connectivity index (χ1v) is 8.37. The third-order valence-electron chi connectivity index (χ3n) is 2.79. The Morgan fingerprint density at radius 2 is 1.86 bits per heavy atom. The second-order valence-electron chi connectivity index (χ2n) is 4.44. The van der Waals surface area contributed by atoms with Gasteiger partial charge in [0.15, 0.2) is 0 Å². The van der Waals surface area contributed by atoms with Crippen LogP contribution in [0.2, 0.25) is 5.02 Å². The molecule has 1 rings (SSSR count). The van der Waals surface area contributed by atoms with Crippen LogP contribution >= 0.6 is 23.4 Å². The molecule has 0 spiro atoms. The average Bonchev–Trinajstić information content (AvgIpc) is 2.49. The summed E-state index contributed by atoms with van der Waals surface area (Å²) in [6.45, 7) is 0.702. The molecule has 5 nitrogen and oxygen atoms in total. The highest BCUT2D eigenvalue weighted by molar-refractivity contribution is 7.98. The zero-order valence-electron chi connectivity index (χ0n) is 11.9. The van der Waals surface area contributed by atoms with Gasteiger partial charge in [-0.15, -0.1) is 0 Å². The monoisotopic (exact) mass is 329 g/mol. The number of amides is 2. The van der Waals surface area contributed by atoms with Crippen molar-refractivity contribution in [3.63, 3.8) is 0 Å². The molecule has 0 fully saturated rings. The lowest BCUT2D eigenvalue weighted by molar-refractivity contribution is -0.122. The first-order chi connectivity index (χ1) is 10.0. The number of benzene rings is 1. The molecule has 0 aromatic heterocycles. The summed E-state index contributed by atoms with van der Waals surface area (Å²) in [5.74, 6) is 0.458. The van der Waals surface area contributed by atoms with Crippen molar-refractivity contribution in [1.29, 1.82) is 0 Å². The van der Waals surface area contributed by atoms with Gasteiger partial charge in [0.25, 0.3) is 5.91 Å². The molecule has 0 unspecified atom stereocenters. The van der Waals surface area contributed by atoms with Crippen molar-refractivity contribution in [1.82, 2.24) is 10.6 Å². The number of hydrogen-bond donors (Lipinski definition) is 3. The van der Waals surface area contributed by atoms with E-state index in [1.54, 1.807) is 36.0 Å². The van der Waals surface area contributed by atoms with Crippen molar-refractivity contribution in [2.24, 2.45) is 5.73 Å². The summed E-state index contributed by atoms with van der Waals surface area (Å²) in [6.07, 6.45) is 2.61. The van der Waals surface area contributed by atoms with Crippen molar-refractivity contribution >= 4 is 35.2 Å². The normalized spacial score (nSPS) is 11.8. The molecule has 0 aliphatic heterocycles. The highest BCUT2D eigenvalue weighted by Crippen LogP contribution is 2.09. The molecule has 0 heterocycles. The number of rotatable bonds is 8. The number of halogens is 1. The van der Waals surface area contributed by atoms with Crippen molar-refractivity contribution in [2.75, 3.05) is 25.1 Å². The molecule has 1 atom stereocenters. The number of carbonyl (C=O) groups excluding carboxylic acids is 2. The Labute approximate surface area is 134 Å². The standard InChI is InChI=1S/C14H20ClN3O2S/c1-21-9-6-12(16)14(20)18-8-7-17-13(19)10-2-4-11(15)5-3-10/h2-5,12H,6-9,16H2,1H3,(H,17,19)(H,18,20)/t12-/m0/s1. The smallest absolute Gasteiger partial charge is 0.251 e. The Morgan fingerprint density at radius 3 is 2.48 bits per heavy atom. The van der Waals surface area contributed by atoms with E-state index in [1.807, 2.05) is 6.26 Å². The fourth-order valence-corrected chi connectivity index (χ4v) is 2.19. The number of thioether (sulfide) groups is 1. The fraction of sp³-hybridized carbons (Fsp3) is 0.429. The van der Waals surface area contributed by atoms with Gasteiger partial charge in [-0.2, -0.15) is 11.8 Å². The average molecular weight is 330 g/mol. The Hall–Kier alpha value is -1.24. The molecule has 21 heavy (non-hydrogen) atoms. The predicted molar refractivity (Wildman–Crippen MR) is 87.8 cm³/mol. The molecule has 0 saturated carbocycles. The Bertz CT molecular complexity index is 468. The summed E-state index contributed by atoms with van der Waals surface area (Å²) in [6, 6.07) is 6.11. The molecule has 1 aromatic carbocycles. The zero-order chi connectivity index (χ0) is 15.7. The summed E-state index contributed by atoms with van der Waals surface area (Å²) in [4.78, 5) is 23.4. The molecule has 7 heteroatoms. The van der Waals surface area contributed by atoms with Gasteiger partial charge < -0.3 is 16.4 Å². The topological polar surface area (TPSA) is 84.2 Å². The van der Waals surface area contributed by atoms with E-state index in [0.29, 0.717) is 30.1 Å². The van der Waals surface area contributed by atoms with Crippen LogP contribution in [0.15, 0.2) is 24.3 Å². The quantitative estimate of drug-likeness (QED) is 0.627. The first-order valence-electron chi connectivity index (χ1n) is 6.60. The summed E-state index contributed by atoms with van der Waals surface area (Å²) >= 11 is 7.40. The van der Waals surface area contributed by atoms with Gasteiger partial charge in [-0.25, -0.2) is 0 Å². The van der Waals surface area contributed by atoms with E-state index < -0.39 is 6.04 Å². The van der Waals surface area contributed by atoms with E-state index in [0.717, 1.165) is 5.75 Å². The lowest BCUT2D eigenvalue weighted by Crippen LogP contribution is -2.43. The van der Waals surface area contributed by atoms with Crippen molar-refractivity contribution in [3.05, 3.63) is 34.9 Å². The zero-order valence-corrected chi connectivity index (χ0v) is 13.5. The van der Waals surface area contributed by atoms with E-state index in [9.17, 15) is 9.59 Å². The number of hydrogen-bond acceptors (Lipinski definition) is 4. The van der Waals surface area contributed by atoms with Gasteiger partial charge in [0.1, 0.15) is 0 Å². The molecule has 4 N–H and O–H groups in total. The van der Waals surface area contributed by atoms with E-state index in [2.05, 4.69) is 10.6 Å². The summed E-state index contributed by atoms with van der Waals surface area (Å²) in [5.41, 5.74) is 6.26.